The van der Waals surface area contributed by atoms with Gasteiger partial charge >= 0.3 is 5.97 Å². The number of carbonyl (C=O) groups excluding carboxylic acids is 1. The van der Waals surface area contributed by atoms with Crippen molar-refractivity contribution >= 4 is 5.97 Å². The summed E-state index contributed by atoms with van der Waals surface area (Å²) in [5, 5.41) is 3.74. The molecule has 0 amide bonds. The van der Waals surface area contributed by atoms with Crippen LogP contribution < -0.4 is 0 Å². The van der Waals surface area contributed by atoms with Gasteiger partial charge in [-0.3, -0.25) is 0 Å². The number of carbonyl (C=O) groups is 1. The highest BCUT2D eigenvalue weighted by atomic mass is 16.6. The zero-order chi connectivity index (χ0) is 12.4. The van der Waals surface area contributed by atoms with E-state index in [1.807, 2.05) is 0 Å². The number of hydrogen-bond acceptors (Lipinski definition) is 5. The summed E-state index contributed by atoms with van der Waals surface area (Å²) in [5.41, 5.74) is 1.01. The highest BCUT2D eigenvalue weighted by Crippen LogP contribution is 2.26. The minimum atomic E-state index is -0.366. The van der Waals surface area contributed by atoms with E-state index in [1.165, 1.54) is 0 Å². The molecule has 1 aliphatic carbocycles. The summed E-state index contributed by atoms with van der Waals surface area (Å²) in [7, 11) is 1.65. The molecule has 0 aromatic carbocycles. The Morgan fingerprint density at radius 2 is 2.06 bits per heavy atom. The molecule has 2 atom stereocenters. The largest absolute Gasteiger partial charge is 0.456 e. The van der Waals surface area contributed by atoms with Gasteiger partial charge in [0.2, 0.25) is 0 Å². The average Bonchev–Trinajstić information content (AvgIpc) is 2.85. The molecule has 0 saturated heterocycles. The van der Waals surface area contributed by atoms with Crippen LogP contribution in [0.5, 0.6) is 0 Å². The van der Waals surface area contributed by atoms with Crippen molar-refractivity contribution in [3.8, 4) is 0 Å². The second-order valence-corrected chi connectivity index (χ2v) is 4.35. The molecule has 0 aliphatic heterocycles. The fourth-order valence-electron chi connectivity index (χ4n) is 2.27. The summed E-state index contributed by atoms with van der Waals surface area (Å²) in [5.74, 6) is 0.134. The third-order valence-corrected chi connectivity index (χ3v) is 3.19. The number of aromatic nitrogens is 1. The quantitative estimate of drug-likeness (QED) is 0.755. The lowest BCUT2D eigenvalue weighted by atomic mass is 10.2. The van der Waals surface area contributed by atoms with Crippen molar-refractivity contribution in [1.29, 1.82) is 0 Å². The Hall–Kier alpha value is -1.36. The van der Waals surface area contributed by atoms with Crippen molar-refractivity contribution in [1.82, 2.24) is 5.16 Å². The van der Waals surface area contributed by atoms with Gasteiger partial charge in [-0.15, -0.1) is 0 Å². The molecule has 1 aliphatic rings. The first kappa shape index (κ1) is 12.1. The molecule has 5 heteroatoms. The highest BCUT2D eigenvalue weighted by molar-refractivity contribution is 5.91. The molecule has 2 rings (SSSR count). The summed E-state index contributed by atoms with van der Waals surface area (Å²) in [6.07, 6.45) is 2.68. The Morgan fingerprint density at radius 1 is 1.35 bits per heavy atom. The van der Waals surface area contributed by atoms with E-state index in [0.717, 1.165) is 19.3 Å². The minimum absolute atomic E-state index is 0.0134. The number of rotatable bonds is 3. The van der Waals surface area contributed by atoms with Crippen molar-refractivity contribution in [3.63, 3.8) is 0 Å². The van der Waals surface area contributed by atoms with Crippen molar-refractivity contribution in [2.45, 2.75) is 45.3 Å². The van der Waals surface area contributed by atoms with E-state index in [-0.39, 0.29) is 18.2 Å². The summed E-state index contributed by atoms with van der Waals surface area (Å²) in [4.78, 5) is 12.0. The zero-order valence-corrected chi connectivity index (χ0v) is 10.4. The Labute approximate surface area is 100 Å². The van der Waals surface area contributed by atoms with Crippen LogP contribution in [0.25, 0.3) is 0 Å². The first-order valence-corrected chi connectivity index (χ1v) is 5.80. The zero-order valence-electron chi connectivity index (χ0n) is 10.4. The molecule has 94 valence electrons. The smallest absolute Gasteiger partial charge is 0.344 e. The van der Waals surface area contributed by atoms with Gasteiger partial charge in [0.1, 0.15) is 17.4 Å². The van der Waals surface area contributed by atoms with Crippen LogP contribution in [0.1, 0.15) is 41.1 Å². The molecule has 17 heavy (non-hydrogen) atoms. The van der Waals surface area contributed by atoms with Crippen molar-refractivity contribution < 1.29 is 18.8 Å². The Bertz CT molecular complexity index is 393. The first-order valence-electron chi connectivity index (χ1n) is 5.80. The number of nitrogens with zero attached hydrogens (tertiary/aromatic N) is 1. The number of ether oxygens (including phenoxy) is 2. The predicted molar refractivity (Wildman–Crippen MR) is 59.8 cm³/mol. The molecule has 0 unspecified atom stereocenters. The van der Waals surface area contributed by atoms with E-state index in [2.05, 4.69) is 5.16 Å². The third-order valence-electron chi connectivity index (χ3n) is 3.19. The average molecular weight is 239 g/mol. The molecule has 5 nitrogen and oxygen atoms in total. The Balaban J connectivity index is 2.07. The third kappa shape index (κ3) is 2.34. The summed E-state index contributed by atoms with van der Waals surface area (Å²) in [6.45, 7) is 3.44. The molecule has 0 radical (unpaired) electrons. The maximum absolute atomic E-state index is 12.0. The van der Waals surface area contributed by atoms with E-state index in [1.54, 1.807) is 21.0 Å². The SMILES string of the molecule is CO[C@H]1CCC[C@@H]1OC(=O)c1c(C)noc1C. The Kier molecular flexibility index (Phi) is 3.47. The molecule has 1 heterocycles. The van der Waals surface area contributed by atoms with E-state index in [9.17, 15) is 4.79 Å². The van der Waals surface area contributed by atoms with Gasteiger partial charge in [0.05, 0.1) is 11.8 Å². The van der Waals surface area contributed by atoms with Gasteiger partial charge in [-0.2, -0.15) is 0 Å². The molecule has 1 aromatic rings. The van der Waals surface area contributed by atoms with Gasteiger partial charge in [0.25, 0.3) is 0 Å². The highest BCUT2D eigenvalue weighted by Gasteiger charge is 2.32. The Morgan fingerprint density at radius 3 is 2.65 bits per heavy atom. The summed E-state index contributed by atoms with van der Waals surface area (Å²) >= 11 is 0. The first-order chi connectivity index (χ1) is 8.13. The molecule has 1 saturated carbocycles. The van der Waals surface area contributed by atoms with Crippen molar-refractivity contribution in [2.75, 3.05) is 7.11 Å². The van der Waals surface area contributed by atoms with Gasteiger partial charge in [-0.1, -0.05) is 5.16 Å². The van der Waals surface area contributed by atoms with E-state index in [0.29, 0.717) is 17.0 Å². The molecular formula is C12H17NO4. The fourth-order valence-corrected chi connectivity index (χ4v) is 2.27. The number of hydrogen-bond donors (Lipinski definition) is 0. The van der Waals surface area contributed by atoms with Gasteiger partial charge in [0, 0.05) is 7.11 Å². The monoisotopic (exact) mass is 239 g/mol. The lowest BCUT2D eigenvalue weighted by Crippen LogP contribution is -2.28. The number of methoxy groups -OCH3 is 1. The van der Waals surface area contributed by atoms with Crippen LogP contribution in [0.2, 0.25) is 0 Å². The van der Waals surface area contributed by atoms with E-state index < -0.39 is 0 Å². The van der Waals surface area contributed by atoms with Gasteiger partial charge in [-0.05, 0) is 33.1 Å². The number of aryl methyl sites for hydroxylation is 2. The van der Waals surface area contributed by atoms with Crippen LogP contribution in [0.15, 0.2) is 4.52 Å². The maximum Gasteiger partial charge on any atom is 0.344 e. The summed E-state index contributed by atoms with van der Waals surface area (Å²) in [6, 6.07) is 0. The molecule has 1 aromatic heterocycles. The molecule has 1 fully saturated rings. The number of esters is 1. The second kappa shape index (κ2) is 4.87. The van der Waals surface area contributed by atoms with Gasteiger partial charge in [-0.25, -0.2) is 4.79 Å². The van der Waals surface area contributed by atoms with Gasteiger partial charge < -0.3 is 14.0 Å². The van der Waals surface area contributed by atoms with E-state index in [4.69, 9.17) is 14.0 Å². The topological polar surface area (TPSA) is 61.6 Å². The maximum atomic E-state index is 12.0. The molecule has 0 N–H and O–H groups in total. The lowest BCUT2D eigenvalue weighted by Gasteiger charge is -2.18. The van der Waals surface area contributed by atoms with Crippen LogP contribution in [-0.2, 0) is 9.47 Å². The second-order valence-electron chi connectivity index (χ2n) is 4.35. The fraction of sp³-hybridized carbons (Fsp3) is 0.667. The van der Waals surface area contributed by atoms with Crippen LogP contribution in [-0.4, -0.2) is 30.4 Å². The van der Waals surface area contributed by atoms with Crippen LogP contribution in [0.3, 0.4) is 0 Å². The van der Waals surface area contributed by atoms with Crippen LogP contribution >= 0.6 is 0 Å². The molecule has 0 bridgehead atoms. The lowest BCUT2D eigenvalue weighted by molar-refractivity contribution is -0.0208. The van der Waals surface area contributed by atoms with E-state index >= 15 is 0 Å². The van der Waals surface area contributed by atoms with Crippen molar-refractivity contribution in [2.24, 2.45) is 0 Å². The predicted octanol–water partition coefficient (Wildman–Crippen LogP) is 2.02. The van der Waals surface area contributed by atoms with Crippen molar-refractivity contribution in [3.05, 3.63) is 17.0 Å². The summed E-state index contributed by atoms with van der Waals surface area (Å²) < 4.78 is 15.7. The van der Waals surface area contributed by atoms with Gasteiger partial charge in [0.15, 0.2) is 0 Å². The van der Waals surface area contributed by atoms with Crippen LogP contribution in [0, 0.1) is 13.8 Å². The minimum Gasteiger partial charge on any atom is -0.456 e. The molecule has 0 spiro atoms. The molecular weight excluding hydrogens is 222 g/mol. The van der Waals surface area contributed by atoms with Crippen LogP contribution in [0.4, 0.5) is 0 Å². The normalized spacial score (nSPS) is 23.9. The standard InChI is InChI=1S/C12H17NO4/c1-7-11(8(2)17-13-7)12(14)16-10-6-4-5-9(10)15-3/h9-10H,4-6H2,1-3H3/t9-,10-/m0/s1.